The van der Waals surface area contributed by atoms with Gasteiger partial charge in [0.2, 0.25) is 0 Å². The minimum Gasteiger partial charge on any atom is -0.452 e. The summed E-state index contributed by atoms with van der Waals surface area (Å²) in [5.41, 5.74) is 2.26. The molecule has 0 radical (unpaired) electrons. The number of rotatable bonds is 8. The summed E-state index contributed by atoms with van der Waals surface area (Å²) in [6.45, 7) is 0.405. The number of para-hydroxylation sites is 1. The number of hydrogen-bond donors (Lipinski definition) is 2. The Morgan fingerprint density at radius 3 is 2.54 bits per heavy atom. The predicted molar refractivity (Wildman–Crippen MR) is 102 cm³/mol. The maximum atomic E-state index is 12.3. The van der Waals surface area contributed by atoms with Crippen molar-refractivity contribution in [3.8, 4) is 0 Å². The Morgan fingerprint density at radius 1 is 1.08 bits per heavy atom. The van der Waals surface area contributed by atoms with Gasteiger partial charge in [-0.1, -0.05) is 35.9 Å². The number of nitrogens with one attached hydrogen (secondary N) is 2. The zero-order valence-electron chi connectivity index (χ0n) is 14.3. The molecule has 1 fully saturated rings. The second kappa shape index (κ2) is 8.72. The minimum absolute atomic E-state index is 0.253. The highest BCUT2D eigenvalue weighted by atomic mass is 35.5. The second-order valence-corrected chi connectivity index (χ2v) is 6.70. The molecule has 0 atom stereocenters. The van der Waals surface area contributed by atoms with Gasteiger partial charge in [-0.2, -0.15) is 0 Å². The minimum atomic E-state index is -0.509. The van der Waals surface area contributed by atoms with Gasteiger partial charge in [0.1, 0.15) is 0 Å². The van der Waals surface area contributed by atoms with Crippen LogP contribution >= 0.6 is 11.6 Å². The van der Waals surface area contributed by atoms with Crippen LogP contribution in [0.5, 0.6) is 0 Å². The lowest BCUT2D eigenvalue weighted by Gasteiger charge is -2.12. The maximum absolute atomic E-state index is 12.3. The Labute approximate surface area is 157 Å². The van der Waals surface area contributed by atoms with Gasteiger partial charge in [-0.25, -0.2) is 4.79 Å². The average Bonchev–Trinajstić information content (AvgIpc) is 3.46. The summed E-state index contributed by atoms with van der Waals surface area (Å²) in [5, 5.41) is 6.75. The normalized spacial score (nSPS) is 13.1. The molecule has 5 nitrogen and oxygen atoms in total. The summed E-state index contributed by atoms with van der Waals surface area (Å²) in [5.74, 6) is -0.764. The van der Waals surface area contributed by atoms with Crippen LogP contribution in [0, 0.1) is 0 Å². The summed E-state index contributed by atoms with van der Waals surface area (Å²) >= 11 is 5.88. The fourth-order valence-electron chi connectivity index (χ4n) is 2.51. The standard InChI is InChI=1S/C20H21ClN2O3/c21-15-7-5-14(6-8-15)11-12-22-18-4-2-1-3-17(18)20(25)26-13-19(24)23-16-9-10-16/h1-8,16,22H,9-13H2,(H,23,24). The van der Waals surface area contributed by atoms with E-state index in [1.54, 1.807) is 12.1 Å². The summed E-state index contributed by atoms with van der Waals surface area (Å²) in [7, 11) is 0. The highest BCUT2D eigenvalue weighted by molar-refractivity contribution is 6.30. The lowest BCUT2D eigenvalue weighted by Crippen LogP contribution is -2.30. The number of amides is 1. The number of carbonyl (C=O) groups excluding carboxylic acids is 2. The smallest absolute Gasteiger partial charge is 0.340 e. The highest BCUT2D eigenvalue weighted by Crippen LogP contribution is 2.19. The Kier molecular flexibility index (Phi) is 6.12. The largest absolute Gasteiger partial charge is 0.452 e. The van der Waals surface area contributed by atoms with Gasteiger partial charge in [0.15, 0.2) is 6.61 Å². The van der Waals surface area contributed by atoms with Gasteiger partial charge < -0.3 is 15.4 Å². The summed E-state index contributed by atoms with van der Waals surface area (Å²) in [4.78, 5) is 23.9. The van der Waals surface area contributed by atoms with E-state index >= 15 is 0 Å². The van der Waals surface area contributed by atoms with E-state index in [0.717, 1.165) is 24.8 Å². The molecule has 2 aromatic carbocycles. The Hall–Kier alpha value is -2.53. The van der Waals surface area contributed by atoms with Crippen molar-refractivity contribution in [1.82, 2.24) is 5.32 Å². The highest BCUT2D eigenvalue weighted by Gasteiger charge is 2.24. The van der Waals surface area contributed by atoms with Crippen LogP contribution in [-0.4, -0.2) is 31.1 Å². The van der Waals surface area contributed by atoms with Gasteiger partial charge in [-0.15, -0.1) is 0 Å². The summed E-state index contributed by atoms with van der Waals surface area (Å²) in [6.07, 6.45) is 2.80. The van der Waals surface area contributed by atoms with Crippen molar-refractivity contribution in [3.05, 3.63) is 64.7 Å². The maximum Gasteiger partial charge on any atom is 0.340 e. The molecule has 136 valence electrons. The van der Waals surface area contributed by atoms with Gasteiger partial charge in [0.05, 0.1) is 5.56 Å². The summed E-state index contributed by atoms with van der Waals surface area (Å²) in [6, 6.07) is 15.0. The van der Waals surface area contributed by atoms with Crippen LogP contribution in [0.15, 0.2) is 48.5 Å². The number of anilines is 1. The number of hydrogen-bond acceptors (Lipinski definition) is 4. The fourth-order valence-corrected chi connectivity index (χ4v) is 2.64. The van der Waals surface area contributed by atoms with E-state index in [1.807, 2.05) is 36.4 Å². The van der Waals surface area contributed by atoms with Crippen molar-refractivity contribution >= 4 is 29.2 Å². The number of carbonyl (C=O) groups is 2. The summed E-state index contributed by atoms with van der Waals surface area (Å²) < 4.78 is 5.13. The van der Waals surface area contributed by atoms with Crippen molar-refractivity contribution in [2.75, 3.05) is 18.5 Å². The average molecular weight is 373 g/mol. The molecule has 26 heavy (non-hydrogen) atoms. The van der Waals surface area contributed by atoms with E-state index in [4.69, 9.17) is 16.3 Å². The number of ether oxygens (including phenoxy) is 1. The van der Waals surface area contributed by atoms with E-state index in [-0.39, 0.29) is 18.6 Å². The molecule has 6 heteroatoms. The quantitative estimate of drug-likeness (QED) is 0.697. The predicted octanol–water partition coefficient (Wildman–Crippen LogP) is 3.43. The second-order valence-electron chi connectivity index (χ2n) is 6.27. The van der Waals surface area contributed by atoms with Crippen LogP contribution in [0.25, 0.3) is 0 Å². The molecule has 0 unspecified atom stereocenters. The Bertz CT molecular complexity index is 773. The molecular formula is C20H21ClN2O3. The zero-order chi connectivity index (χ0) is 18.4. The van der Waals surface area contributed by atoms with E-state index < -0.39 is 5.97 Å². The monoisotopic (exact) mass is 372 g/mol. The fraction of sp³-hybridized carbons (Fsp3) is 0.300. The van der Waals surface area contributed by atoms with Crippen molar-refractivity contribution in [2.45, 2.75) is 25.3 Å². The van der Waals surface area contributed by atoms with E-state index in [0.29, 0.717) is 22.8 Å². The van der Waals surface area contributed by atoms with Crippen LogP contribution in [0.1, 0.15) is 28.8 Å². The number of halogens is 1. The van der Waals surface area contributed by atoms with Gasteiger partial charge in [0.25, 0.3) is 5.91 Å². The van der Waals surface area contributed by atoms with Gasteiger partial charge in [-0.05, 0) is 49.1 Å². The molecule has 0 saturated heterocycles. The lowest BCUT2D eigenvalue weighted by atomic mass is 10.1. The molecule has 1 aliphatic rings. The molecule has 1 aliphatic carbocycles. The van der Waals surface area contributed by atoms with E-state index in [9.17, 15) is 9.59 Å². The van der Waals surface area contributed by atoms with Gasteiger partial charge in [-0.3, -0.25) is 4.79 Å². The van der Waals surface area contributed by atoms with Crippen molar-refractivity contribution < 1.29 is 14.3 Å². The first kappa shape index (κ1) is 18.3. The first-order valence-electron chi connectivity index (χ1n) is 8.65. The van der Waals surface area contributed by atoms with Crippen LogP contribution in [0.4, 0.5) is 5.69 Å². The molecule has 0 aromatic heterocycles. The molecule has 0 heterocycles. The molecule has 2 aromatic rings. The van der Waals surface area contributed by atoms with E-state index in [2.05, 4.69) is 10.6 Å². The zero-order valence-corrected chi connectivity index (χ0v) is 15.1. The molecule has 0 spiro atoms. The topological polar surface area (TPSA) is 67.4 Å². The molecular weight excluding hydrogens is 352 g/mol. The molecule has 1 amide bonds. The lowest BCUT2D eigenvalue weighted by molar-refractivity contribution is -0.124. The van der Waals surface area contributed by atoms with Gasteiger partial charge >= 0.3 is 5.97 Å². The van der Waals surface area contributed by atoms with Crippen LogP contribution in [0.2, 0.25) is 5.02 Å². The third-order valence-electron chi connectivity index (χ3n) is 4.07. The van der Waals surface area contributed by atoms with Crippen molar-refractivity contribution in [3.63, 3.8) is 0 Å². The number of esters is 1. The van der Waals surface area contributed by atoms with Gasteiger partial charge in [0, 0.05) is 23.3 Å². The van der Waals surface area contributed by atoms with E-state index in [1.165, 1.54) is 0 Å². The van der Waals surface area contributed by atoms with Crippen LogP contribution in [-0.2, 0) is 16.0 Å². The molecule has 2 N–H and O–H groups in total. The van der Waals surface area contributed by atoms with Crippen LogP contribution in [0.3, 0.4) is 0 Å². The third kappa shape index (κ3) is 5.49. The molecule has 1 saturated carbocycles. The van der Waals surface area contributed by atoms with Crippen LogP contribution < -0.4 is 10.6 Å². The molecule has 3 rings (SSSR count). The number of benzene rings is 2. The Morgan fingerprint density at radius 2 is 1.81 bits per heavy atom. The molecule has 0 aliphatic heterocycles. The van der Waals surface area contributed by atoms with Crippen molar-refractivity contribution in [2.24, 2.45) is 0 Å². The first-order valence-corrected chi connectivity index (χ1v) is 9.03. The SMILES string of the molecule is O=C(COC(=O)c1ccccc1NCCc1ccc(Cl)cc1)NC1CC1. The molecule has 0 bridgehead atoms. The Balaban J connectivity index is 1.52. The van der Waals surface area contributed by atoms with Crippen molar-refractivity contribution in [1.29, 1.82) is 0 Å². The third-order valence-corrected chi connectivity index (χ3v) is 4.32. The first-order chi connectivity index (χ1) is 12.6.